The van der Waals surface area contributed by atoms with Crippen LogP contribution in [0.25, 0.3) is 11.1 Å². The van der Waals surface area contributed by atoms with Crippen LogP contribution in [0, 0.1) is 18.6 Å². The van der Waals surface area contributed by atoms with E-state index in [9.17, 15) is 8.78 Å². The van der Waals surface area contributed by atoms with Crippen molar-refractivity contribution in [3.63, 3.8) is 0 Å². The predicted molar refractivity (Wildman–Crippen MR) is 83.2 cm³/mol. The van der Waals surface area contributed by atoms with Crippen molar-refractivity contribution in [2.75, 3.05) is 6.26 Å². The van der Waals surface area contributed by atoms with Crippen LogP contribution in [0.2, 0.25) is 0 Å². The summed E-state index contributed by atoms with van der Waals surface area (Å²) in [5, 5.41) is 0.333. The summed E-state index contributed by atoms with van der Waals surface area (Å²) in [5.41, 5.74) is 1.61. The van der Waals surface area contributed by atoms with Crippen molar-refractivity contribution in [3.05, 3.63) is 53.6 Å². The minimum Gasteiger partial charge on any atom is -0.206 e. The molecule has 2 rings (SSSR count). The van der Waals surface area contributed by atoms with Gasteiger partial charge in [-0.2, -0.15) is 0 Å². The van der Waals surface area contributed by atoms with Crippen LogP contribution in [0.1, 0.15) is 19.4 Å². The van der Waals surface area contributed by atoms with Crippen molar-refractivity contribution in [1.29, 1.82) is 0 Å². The molecule has 0 nitrogen and oxygen atoms in total. The van der Waals surface area contributed by atoms with Crippen LogP contribution < -0.4 is 0 Å². The van der Waals surface area contributed by atoms with Crippen LogP contribution in [-0.2, 0) is 10.9 Å². The molecule has 0 amide bonds. The highest BCUT2D eigenvalue weighted by Gasteiger charge is 2.28. The Kier molecular flexibility index (Phi) is 4.48. The van der Waals surface area contributed by atoms with Gasteiger partial charge in [0, 0.05) is 10.9 Å². The van der Waals surface area contributed by atoms with E-state index in [-0.39, 0.29) is 16.5 Å². The molecule has 0 saturated heterocycles. The van der Waals surface area contributed by atoms with E-state index >= 15 is 0 Å². The SMILES string of the molecule is Cc1ccccc1-c1c(F)ccc([S+](C)C(C)C)c1F. The van der Waals surface area contributed by atoms with E-state index in [2.05, 4.69) is 13.8 Å². The number of rotatable bonds is 3. The Balaban J connectivity index is 2.65. The summed E-state index contributed by atoms with van der Waals surface area (Å²) in [5.74, 6) is -0.917. The summed E-state index contributed by atoms with van der Waals surface area (Å²) in [6.07, 6.45) is 2.00. The fourth-order valence-electron chi connectivity index (χ4n) is 2.14. The second-order valence-electron chi connectivity index (χ2n) is 5.16. The van der Waals surface area contributed by atoms with Crippen LogP contribution in [-0.4, -0.2) is 11.5 Å². The Morgan fingerprint density at radius 1 is 1.00 bits per heavy atom. The lowest BCUT2D eigenvalue weighted by atomic mass is 10.00. The Morgan fingerprint density at radius 2 is 1.65 bits per heavy atom. The molecule has 0 aliphatic heterocycles. The molecule has 0 bridgehead atoms. The third-order valence-corrected chi connectivity index (χ3v) is 5.95. The first-order valence-corrected chi connectivity index (χ1v) is 8.31. The molecule has 0 N–H and O–H groups in total. The maximum absolute atomic E-state index is 14.8. The molecule has 0 aliphatic rings. The predicted octanol–water partition coefficient (Wildman–Crippen LogP) is 4.96. The largest absolute Gasteiger partial charge is 0.206 e. The Hall–Kier alpha value is -1.35. The van der Waals surface area contributed by atoms with Gasteiger partial charge in [-0.05, 0) is 44.0 Å². The lowest BCUT2D eigenvalue weighted by Crippen LogP contribution is -2.15. The zero-order valence-corrected chi connectivity index (χ0v) is 13.0. The van der Waals surface area contributed by atoms with E-state index in [0.717, 1.165) is 5.56 Å². The third kappa shape index (κ3) is 2.73. The molecule has 0 spiro atoms. The molecule has 20 heavy (non-hydrogen) atoms. The maximum Gasteiger partial charge on any atom is 0.191 e. The van der Waals surface area contributed by atoms with Crippen LogP contribution in [0.4, 0.5) is 8.78 Å². The normalized spacial score (nSPS) is 12.8. The fourth-order valence-corrected chi connectivity index (χ4v) is 3.31. The average Bonchev–Trinajstić information content (AvgIpc) is 2.40. The lowest BCUT2D eigenvalue weighted by Gasteiger charge is -2.12. The second kappa shape index (κ2) is 5.96. The molecular weight excluding hydrogens is 274 g/mol. The van der Waals surface area contributed by atoms with Gasteiger partial charge in [0.25, 0.3) is 0 Å². The molecule has 0 radical (unpaired) electrons. The molecule has 1 unspecified atom stereocenters. The van der Waals surface area contributed by atoms with Crippen molar-refractivity contribution >= 4 is 10.9 Å². The first kappa shape index (κ1) is 15.0. The molecule has 1 atom stereocenters. The van der Waals surface area contributed by atoms with E-state index in [4.69, 9.17) is 0 Å². The van der Waals surface area contributed by atoms with Crippen LogP contribution in [0.15, 0.2) is 41.3 Å². The fraction of sp³-hybridized carbons (Fsp3) is 0.294. The van der Waals surface area contributed by atoms with Gasteiger partial charge < -0.3 is 0 Å². The standard InChI is InChI=1S/C17H19F2S/c1-11(2)20(4)15-10-9-14(18)16(17(15)19)13-8-6-5-7-12(13)3/h5-11H,1-4H3/q+1. The highest BCUT2D eigenvalue weighted by Crippen LogP contribution is 2.33. The molecular formula is C17H19F2S+. The highest BCUT2D eigenvalue weighted by atomic mass is 32.2. The zero-order chi connectivity index (χ0) is 14.9. The number of aryl methyl sites for hydroxylation is 1. The Bertz CT molecular complexity index is 620. The maximum atomic E-state index is 14.8. The van der Waals surface area contributed by atoms with Crippen molar-refractivity contribution in [2.24, 2.45) is 0 Å². The number of hydrogen-bond acceptors (Lipinski definition) is 0. The Morgan fingerprint density at radius 3 is 2.25 bits per heavy atom. The van der Waals surface area contributed by atoms with Gasteiger partial charge in [0.1, 0.15) is 17.3 Å². The van der Waals surface area contributed by atoms with Crippen molar-refractivity contribution in [3.8, 4) is 11.1 Å². The Labute approximate surface area is 122 Å². The van der Waals surface area contributed by atoms with E-state index in [1.807, 2.05) is 31.4 Å². The van der Waals surface area contributed by atoms with Crippen LogP contribution >= 0.6 is 0 Å². The highest BCUT2D eigenvalue weighted by molar-refractivity contribution is 7.96. The van der Waals surface area contributed by atoms with Gasteiger partial charge in [0.05, 0.1) is 5.56 Å². The van der Waals surface area contributed by atoms with Gasteiger partial charge in [-0.15, -0.1) is 0 Å². The third-order valence-electron chi connectivity index (χ3n) is 3.52. The number of benzene rings is 2. The van der Waals surface area contributed by atoms with Gasteiger partial charge in [0.15, 0.2) is 10.7 Å². The molecule has 0 saturated carbocycles. The lowest BCUT2D eigenvalue weighted by molar-refractivity contribution is 0.571. The molecule has 3 heteroatoms. The summed E-state index contributed by atoms with van der Waals surface area (Å²) in [6, 6.07) is 10.3. The van der Waals surface area contributed by atoms with E-state index in [1.165, 1.54) is 6.07 Å². The van der Waals surface area contributed by atoms with Crippen LogP contribution in [0.5, 0.6) is 0 Å². The molecule has 2 aromatic carbocycles. The topological polar surface area (TPSA) is 0 Å². The molecule has 2 aromatic rings. The zero-order valence-electron chi connectivity index (χ0n) is 12.2. The molecule has 0 aromatic heterocycles. The smallest absolute Gasteiger partial charge is 0.191 e. The molecule has 0 fully saturated rings. The first-order chi connectivity index (χ1) is 9.43. The first-order valence-electron chi connectivity index (χ1n) is 6.62. The van der Waals surface area contributed by atoms with Gasteiger partial charge in [-0.3, -0.25) is 0 Å². The molecule has 106 valence electrons. The van der Waals surface area contributed by atoms with Gasteiger partial charge in [0.2, 0.25) is 0 Å². The summed E-state index contributed by atoms with van der Waals surface area (Å²) >= 11 is 0. The van der Waals surface area contributed by atoms with Crippen molar-refractivity contribution in [2.45, 2.75) is 30.9 Å². The number of hydrogen-bond donors (Lipinski definition) is 0. The number of halogens is 2. The monoisotopic (exact) mass is 293 g/mol. The average molecular weight is 293 g/mol. The quantitative estimate of drug-likeness (QED) is 0.702. The van der Waals surface area contributed by atoms with E-state index < -0.39 is 11.6 Å². The minimum atomic E-state index is -0.499. The summed E-state index contributed by atoms with van der Waals surface area (Å²) < 4.78 is 28.9. The van der Waals surface area contributed by atoms with E-state index in [1.54, 1.807) is 12.1 Å². The van der Waals surface area contributed by atoms with Crippen molar-refractivity contribution < 1.29 is 8.78 Å². The summed E-state index contributed by atoms with van der Waals surface area (Å²) in [4.78, 5) is 0.611. The molecule has 0 aliphatic carbocycles. The van der Waals surface area contributed by atoms with Crippen molar-refractivity contribution in [1.82, 2.24) is 0 Å². The van der Waals surface area contributed by atoms with Crippen LogP contribution in [0.3, 0.4) is 0 Å². The molecule has 0 heterocycles. The second-order valence-corrected chi connectivity index (χ2v) is 7.65. The van der Waals surface area contributed by atoms with E-state index in [0.29, 0.717) is 15.7 Å². The van der Waals surface area contributed by atoms with Gasteiger partial charge in [-0.1, -0.05) is 24.3 Å². The minimum absolute atomic E-state index is 0.0978. The van der Waals surface area contributed by atoms with Gasteiger partial charge >= 0.3 is 0 Å². The summed E-state index contributed by atoms with van der Waals surface area (Å²) in [6.45, 7) is 5.98. The summed E-state index contributed by atoms with van der Waals surface area (Å²) in [7, 11) is -0.237. The van der Waals surface area contributed by atoms with Gasteiger partial charge in [-0.25, -0.2) is 8.78 Å².